The van der Waals surface area contributed by atoms with Gasteiger partial charge in [0.2, 0.25) is 0 Å². The molecular formula is C18H21N9. The summed E-state index contributed by atoms with van der Waals surface area (Å²) in [6.45, 7) is 5.44. The Morgan fingerprint density at radius 2 is 1.89 bits per heavy atom. The molecule has 4 aromatic heterocycles. The summed E-state index contributed by atoms with van der Waals surface area (Å²) >= 11 is 0. The van der Waals surface area contributed by atoms with Crippen LogP contribution in [0.4, 0.5) is 5.82 Å². The van der Waals surface area contributed by atoms with Gasteiger partial charge in [0, 0.05) is 38.1 Å². The average Bonchev–Trinajstić information content (AvgIpc) is 3.21. The van der Waals surface area contributed by atoms with Crippen LogP contribution in [0, 0.1) is 13.8 Å². The Balaban J connectivity index is 1.54. The van der Waals surface area contributed by atoms with E-state index in [2.05, 4.69) is 30.5 Å². The molecule has 138 valence electrons. The van der Waals surface area contributed by atoms with Gasteiger partial charge in [0.25, 0.3) is 0 Å². The number of aromatic nitrogens is 8. The minimum Gasteiger partial charge on any atom is -0.369 e. The highest BCUT2D eigenvalue weighted by Gasteiger charge is 2.12. The standard InChI is InChI=1S/C18H21N9/c1-12-22-13(2)27(25-12)10-4-7-20-17-15-11-21-26(3)18(15)24-16(23-17)14-5-8-19-9-6-14/h5-6,8-9,11H,4,7,10H2,1-3H3,(H,20,23,24). The van der Waals surface area contributed by atoms with Crippen LogP contribution in [0.1, 0.15) is 18.1 Å². The van der Waals surface area contributed by atoms with Crippen molar-refractivity contribution in [1.82, 2.24) is 39.5 Å². The molecule has 4 rings (SSSR count). The highest BCUT2D eigenvalue weighted by Crippen LogP contribution is 2.24. The number of rotatable bonds is 6. The molecule has 0 bridgehead atoms. The second-order valence-electron chi connectivity index (χ2n) is 6.35. The van der Waals surface area contributed by atoms with E-state index in [9.17, 15) is 0 Å². The number of nitrogens with zero attached hydrogens (tertiary/aromatic N) is 8. The molecule has 4 heterocycles. The molecule has 0 saturated heterocycles. The molecule has 0 radical (unpaired) electrons. The molecule has 9 nitrogen and oxygen atoms in total. The highest BCUT2D eigenvalue weighted by molar-refractivity contribution is 5.88. The molecule has 0 aliphatic carbocycles. The second-order valence-corrected chi connectivity index (χ2v) is 6.35. The monoisotopic (exact) mass is 363 g/mol. The molecule has 9 heteroatoms. The van der Waals surface area contributed by atoms with Crippen molar-refractivity contribution in [3.05, 3.63) is 42.4 Å². The van der Waals surface area contributed by atoms with Crippen molar-refractivity contribution in [2.75, 3.05) is 11.9 Å². The predicted molar refractivity (Wildman–Crippen MR) is 102 cm³/mol. The first-order chi connectivity index (χ1) is 13.1. The summed E-state index contributed by atoms with van der Waals surface area (Å²) in [4.78, 5) is 17.8. The van der Waals surface area contributed by atoms with E-state index in [1.165, 1.54) is 0 Å². The first kappa shape index (κ1) is 17.1. The lowest BCUT2D eigenvalue weighted by Gasteiger charge is -2.09. The molecule has 4 aromatic rings. The van der Waals surface area contributed by atoms with Crippen LogP contribution in [-0.4, -0.2) is 46.0 Å². The maximum Gasteiger partial charge on any atom is 0.164 e. The van der Waals surface area contributed by atoms with Gasteiger partial charge in [0.1, 0.15) is 17.5 Å². The van der Waals surface area contributed by atoms with E-state index in [0.717, 1.165) is 53.6 Å². The first-order valence-corrected chi connectivity index (χ1v) is 8.84. The lowest BCUT2D eigenvalue weighted by atomic mass is 10.2. The molecule has 0 amide bonds. The number of anilines is 1. The largest absolute Gasteiger partial charge is 0.369 e. The van der Waals surface area contributed by atoms with Gasteiger partial charge in [-0.3, -0.25) is 14.3 Å². The number of aryl methyl sites for hydroxylation is 4. The van der Waals surface area contributed by atoms with Crippen molar-refractivity contribution in [3.8, 4) is 11.4 Å². The normalized spacial score (nSPS) is 11.2. The van der Waals surface area contributed by atoms with Crippen molar-refractivity contribution < 1.29 is 0 Å². The molecular weight excluding hydrogens is 342 g/mol. The highest BCUT2D eigenvalue weighted by atomic mass is 15.3. The fourth-order valence-corrected chi connectivity index (χ4v) is 3.00. The molecule has 0 fully saturated rings. The van der Waals surface area contributed by atoms with Crippen LogP contribution >= 0.6 is 0 Å². The first-order valence-electron chi connectivity index (χ1n) is 8.84. The van der Waals surface area contributed by atoms with Crippen LogP contribution in [0.15, 0.2) is 30.7 Å². The minimum absolute atomic E-state index is 0.652. The summed E-state index contributed by atoms with van der Waals surface area (Å²) < 4.78 is 3.69. The zero-order valence-electron chi connectivity index (χ0n) is 15.6. The third-order valence-electron chi connectivity index (χ3n) is 4.33. The van der Waals surface area contributed by atoms with E-state index in [1.54, 1.807) is 23.3 Å². The smallest absolute Gasteiger partial charge is 0.164 e. The zero-order chi connectivity index (χ0) is 18.8. The van der Waals surface area contributed by atoms with E-state index in [4.69, 9.17) is 4.98 Å². The number of nitrogens with one attached hydrogen (secondary N) is 1. The zero-order valence-corrected chi connectivity index (χ0v) is 15.6. The summed E-state index contributed by atoms with van der Waals surface area (Å²) in [6.07, 6.45) is 6.17. The van der Waals surface area contributed by atoms with Crippen LogP contribution in [0.25, 0.3) is 22.4 Å². The maximum atomic E-state index is 4.71. The third-order valence-corrected chi connectivity index (χ3v) is 4.33. The van der Waals surface area contributed by atoms with E-state index in [-0.39, 0.29) is 0 Å². The van der Waals surface area contributed by atoms with Crippen molar-refractivity contribution in [3.63, 3.8) is 0 Å². The second kappa shape index (κ2) is 7.10. The summed E-state index contributed by atoms with van der Waals surface area (Å²) in [5, 5.41) is 13.0. The van der Waals surface area contributed by atoms with E-state index in [0.29, 0.717) is 5.82 Å². The van der Waals surface area contributed by atoms with Gasteiger partial charge < -0.3 is 5.32 Å². The molecule has 0 unspecified atom stereocenters. The average molecular weight is 363 g/mol. The van der Waals surface area contributed by atoms with Gasteiger partial charge in [-0.1, -0.05) is 0 Å². The Kier molecular flexibility index (Phi) is 4.49. The van der Waals surface area contributed by atoms with Gasteiger partial charge in [0.15, 0.2) is 11.5 Å². The molecule has 1 N–H and O–H groups in total. The van der Waals surface area contributed by atoms with E-state index in [1.807, 2.05) is 37.7 Å². The van der Waals surface area contributed by atoms with Crippen LogP contribution in [0.3, 0.4) is 0 Å². The van der Waals surface area contributed by atoms with Crippen molar-refractivity contribution in [2.45, 2.75) is 26.8 Å². The third kappa shape index (κ3) is 3.48. The molecule has 0 atom stereocenters. The van der Waals surface area contributed by atoms with Crippen LogP contribution < -0.4 is 5.32 Å². The number of hydrogen-bond acceptors (Lipinski definition) is 7. The maximum absolute atomic E-state index is 4.71. The summed E-state index contributed by atoms with van der Waals surface area (Å²) in [6, 6.07) is 3.80. The molecule has 27 heavy (non-hydrogen) atoms. The quantitative estimate of drug-likeness (QED) is 0.524. The van der Waals surface area contributed by atoms with Crippen molar-refractivity contribution in [1.29, 1.82) is 0 Å². The topological polar surface area (TPSA) is 99.2 Å². The van der Waals surface area contributed by atoms with Gasteiger partial charge in [-0.25, -0.2) is 15.0 Å². The molecule has 0 saturated carbocycles. The number of fused-ring (bicyclic) bond motifs is 1. The molecule has 0 aliphatic rings. The molecule has 0 aliphatic heterocycles. The van der Waals surface area contributed by atoms with Gasteiger partial charge in [0.05, 0.1) is 11.6 Å². The van der Waals surface area contributed by atoms with Crippen LogP contribution in [0.5, 0.6) is 0 Å². The lowest BCUT2D eigenvalue weighted by molar-refractivity contribution is 0.571. The van der Waals surface area contributed by atoms with E-state index >= 15 is 0 Å². The fourth-order valence-electron chi connectivity index (χ4n) is 3.00. The van der Waals surface area contributed by atoms with Crippen LogP contribution in [-0.2, 0) is 13.6 Å². The SMILES string of the molecule is Cc1nc(C)n(CCCNc2nc(-c3ccncc3)nc3c2cnn3C)n1. The predicted octanol–water partition coefficient (Wildman–Crippen LogP) is 2.14. The van der Waals surface area contributed by atoms with Gasteiger partial charge >= 0.3 is 0 Å². The van der Waals surface area contributed by atoms with Gasteiger partial charge in [-0.2, -0.15) is 10.2 Å². The number of pyridine rings is 1. The lowest BCUT2D eigenvalue weighted by Crippen LogP contribution is -2.10. The van der Waals surface area contributed by atoms with Crippen molar-refractivity contribution in [2.24, 2.45) is 7.05 Å². The molecule has 0 aromatic carbocycles. The molecule has 0 spiro atoms. The van der Waals surface area contributed by atoms with Gasteiger partial charge in [-0.05, 0) is 32.4 Å². The Morgan fingerprint density at radius 1 is 1.07 bits per heavy atom. The summed E-state index contributed by atoms with van der Waals surface area (Å²) in [5.74, 6) is 3.17. The Hall–Kier alpha value is -3.36. The summed E-state index contributed by atoms with van der Waals surface area (Å²) in [7, 11) is 1.88. The number of hydrogen-bond donors (Lipinski definition) is 1. The van der Waals surface area contributed by atoms with Crippen LogP contribution in [0.2, 0.25) is 0 Å². The summed E-state index contributed by atoms with van der Waals surface area (Å²) in [5.41, 5.74) is 1.71. The Bertz CT molecular complexity index is 1070. The Labute approximate surface area is 156 Å². The van der Waals surface area contributed by atoms with E-state index < -0.39 is 0 Å². The van der Waals surface area contributed by atoms with Crippen molar-refractivity contribution >= 4 is 16.9 Å². The fraction of sp³-hybridized carbons (Fsp3) is 0.333. The minimum atomic E-state index is 0.652. The van der Waals surface area contributed by atoms with Gasteiger partial charge in [-0.15, -0.1) is 0 Å². The Morgan fingerprint density at radius 3 is 2.63 bits per heavy atom.